The average Bonchev–Trinajstić information content (AvgIpc) is 2.80. The van der Waals surface area contributed by atoms with E-state index < -0.39 is 11.9 Å². The molecule has 0 bridgehead atoms. The van der Waals surface area contributed by atoms with Crippen LogP contribution in [0.1, 0.15) is 27.7 Å². The number of rotatable bonds is 3. The third kappa shape index (κ3) is 3.17. The van der Waals surface area contributed by atoms with Gasteiger partial charge in [0.1, 0.15) is 5.60 Å². The minimum atomic E-state index is -0.653. The van der Waals surface area contributed by atoms with Crippen molar-refractivity contribution in [3.63, 3.8) is 0 Å². The highest BCUT2D eigenvalue weighted by Crippen LogP contribution is 2.44. The smallest absolute Gasteiger partial charge is 0.196 e. The second kappa shape index (κ2) is 7.44. The van der Waals surface area contributed by atoms with Crippen LogP contribution in [0.3, 0.4) is 0 Å². The molecule has 6 rings (SSSR count). The third-order valence-electron chi connectivity index (χ3n) is 6.70. The number of fused-ring (bicyclic) bond motifs is 2. The SMILES string of the molecule is CC(C)C1OOC(C)(C)C(Nc2ccc3c4cccc5c(Cl)ccc(c6cccc2c63)c54)O1. The normalized spacial score (nSPS) is 21.0. The molecule has 2 atom stereocenters. The molecule has 1 N–H and O–H groups in total. The molecule has 1 aliphatic heterocycles. The van der Waals surface area contributed by atoms with E-state index >= 15 is 0 Å². The fourth-order valence-electron chi connectivity index (χ4n) is 4.95. The quantitative estimate of drug-likeness (QED) is 0.169. The van der Waals surface area contributed by atoms with Gasteiger partial charge in [-0.2, -0.15) is 0 Å². The lowest BCUT2D eigenvalue weighted by Crippen LogP contribution is -2.54. The zero-order valence-electron chi connectivity index (χ0n) is 19.1. The summed E-state index contributed by atoms with van der Waals surface area (Å²) in [4.78, 5) is 11.2. The summed E-state index contributed by atoms with van der Waals surface area (Å²) >= 11 is 6.56. The first-order chi connectivity index (χ1) is 15.8. The Morgan fingerprint density at radius 2 is 1.36 bits per heavy atom. The Morgan fingerprint density at radius 1 is 0.788 bits per heavy atom. The second-order valence-electron chi connectivity index (χ2n) is 9.77. The maximum Gasteiger partial charge on any atom is 0.196 e. The summed E-state index contributed by atoms with van der Waals surface area (Å²) in [6, 6.07) is 21.3. The van der Waals surface area contributed by atoms with Gasteiger partial charge in [0.25, 0.3) is 0 Å². The molecule has 4 nitrogen and oxygen atoms in total. The van der Waals surface area contributed by atoms with Crippen LogP contribution in [0, 0.1) is 5.92 Å². The molecular weight excluding hydrogens is 434 g/mol. The molecule has 5 aromatic rings. The number of ether oxygens (including phenoxy) is 1. The van der Waals surface area contributed by atoms with Crippen LogP contribution in [0.2, 0.25) is 5.02 Å². The van der Waals surface area contributed by atoms with Crippen molar-refractivity contribution in [3.05, 3.63) is 65.7 Å². The largest absolute Gasteiger partial charge is 0.357 e. The van der Waals surface area contributed by atoms with Crippen molar-refractivity contribution in [1.29, 1.82) is 0 Å². The number of hydrogen-bond acceptors (Lipinski definition) is 4. The van der Waals surface area contributed by atoms with Gasteiger partial charge in [-0.25, -0.2) is 9.78 Å². The molecule has 0 aromatic heterocycles. The molecule has 0 radical (unpaired) electrons. The van der Waals surface area contributed by atoms with Crippen molar-refractivity contribution >= 4 is 60.4 Å². The third-order valence-corrected chi connectivity index (χ3v) is 7.03. The molecule has 0 amide bonds. The molecule has 0 aliphatic carbocycles. The Bertz CT molecular complexity index is 1490. The van der Waals surface area contributed by atoms with Crippen LogP contribution in [-0.4, -0.2) is 18.1 Å². The van der Waals surface area contributed by atoms with E-state index in [1.807, 2.05) is 19.9 Å². The first-order valence-electron chi connectivity index (χ1n) is 11.4. The highest BCUT2D eigenvalue weighted by atomic mass is 35.5. The Hall–Kier alpha value is -2.63. The van der Waals surface area contributed by atoms with Crippen molar-refractivity contribution < 1.29 is 14.5 Å². The Balaban J connectivity index is 1.57. The first kappa shape index (κ1) is 20.9. The molecule has 0 saturated carbocycles. The zero-order valence-corrected chi connectivity index (χ0v) is 19.9. The van der Waals surface area contributed by atoms with E-state index in [0.29, 0.717) is 0 Å². The molecule has 1 heterocycles. The summed E-state index contributed by atoms with van der Waals surface area (Å²) in [5, 5.41) is 13.9. The van der Waals surface area contributed by atoms with Crippen LogP contribution >= 0.6 is 11.6 Å². The van der Waals surface area contributed by atoms with Crippen LogP contribution in [0.25, 0.3) is 43.1 Å². The van der Waals surface area contributed by atoms with Gasteiger partial charge in [-0.1, -0.05) is 74.0 Å². The van der Waals surface area contributed by atoms with Gasteiger partial charge < -0.3 is 10.1 Å². The minimum Gasteiger partial charge on any atom is -0.357 e. The second-order valence-corrected chi connectivity index (χ2v) is 10.2. The average molecular weight is 460 g/mol. The van der Waals surface area contributed by atoms with Crippen molar-refractivity contribution in [2.75, 3.05) is 5.32 Å². The van der Waals surface area contributed by atoms with E-state index in [-0.39, 0.29) is 12.1 Å². The summed E-state index contributed by atoms with van der Waals surface area (Å²) in [6.07, 6.45) is -0.793. The van der Waals surface area contributed by atoms with Gasteiger partial charge in [0, 0.05) is 27.4 Å². The van der Waals surface area contributed by atoms with E-state index in [0.717, 1.165) is 21.5 Å². The van der Waals surface area contributed by atoms with Crippen LogP contribution < -0.4 is 5.32 Å². The summed E-state index contributed by atoms with van der Waals surface area (Å²) in [5.74, 6) is 0.172. The first-order valence-corrected chi connectivity index (χ1v) is 11.8. The number of hydrogen-bond donors (Lipinski definition) is 1. The molecule has 2 unspecified atom stereocenters. The maximum absolute atomic E-state index is 6.56. The van der Waals surface area contributed by atoms with Gasteiger partial charge in [0.2, 0.25) is 0 Å². The molecule has 0 spiro atoms. The Morgan fingerprint density at radius 3 is 2.06 bits per heavy atom. The Labute approximate surface area is 197 Å². The molecule has 33 heavy (non-hydrogen) atoms. The highest BCUT2D eigenvalue weighted by Gasteiger charge is 2.41. The summed E-state index contributed by atoms with van der Waals surface area (Å²) in [7, 11) is 0. The predicted molar refractivity (Wildman–Crippen MR) is 136 cm³/mol. The fraction of sp³-hybridized carbons (Fsp3) is 0.286. The predicted octanol–water partition coefficient (Wildman–Crippen LogP) is 7.87. The maximum atomic E-state index is 6.56. The summed E-state index contributed by atoms with van der Waals surface area (Å²) < 4.78 is 6.26. The van der Waals surface area contributed by atoms with Crippen molar-refractivity contribution in [3.8, 4) is 0 Å². The molecule has 168 valence electrons. The van der Waals surface area contributed by atoms with Crippen LogP contribution in [0.5, 0.6) is 0 Å². The van der Waals surface area contributed by atoms with Gasteiger partial charge in [0.15, 0.2) is 12.5 Å². The van der Waals surface area contributed by atoms with E-state index in [2.05, 4.69) is 73.8 Å². The zero-order chi connectivity index (χ0) is 22.9. The van der Waals surface area contributed by atoms with Gasteiger partial charge in [-0.05, 0) is 58.3 Å². The van der Waals surface area contributed by atoms with Crippen LogP contribution in [0.4, 0.5) is 5.69 Å². The molecule has 1 aliphatic rings. The molecule has 1 saturated heterocycles. The van der Waals surface area contributed by atoms with E-state index in [4.69, 9.17) is 26.1 Å². The standard InChI is InChI=1S/C28H26ClNO3/c1-15(2)26-31-27(28(3,4)33-32-26)30-23-14-12-19-16-7-5-9-20-22(29)13-11-18(24(16)20)17-8-6-10-21(23)25(17)19/h5-15,26-27,30H,1-4H3. The van der Waals surface area contributed by atoms with Gasteiger partial charge in [-0.15, -0.1) is 0 Å². The Kier molecular flexibility index (Phi) is 4.72. The van der Waals surface area contributed by atoms with E-state index in [9.17, 15) is 0 Å². The van der Waals surface area contributed by atoms with Gasteiger partial charge in [0.05, 0.1) is 0 Å². The van der Waals surface area contributed by atoms with Crippen molar-refractivity contribution in [1.82, 2.24) is 0 Å². The topological polar surface area (TPSA) is 39.7 Å². The summed E-state index contributed by atoms with van der Waals surface area (Å²) in [5.41, 5.74) is 0.353. The number of benzene rings is 5. The van der Waals surface area contributed by atoms with Gasteiger partial charge >= 0.3 is 0 Å². The number of anilines is 1. The lowest BCUT2D eigenvalue weighted by molar-refractivity contribution is -0.485. The highest BCUT2D eigenvalue weighted by molar-refractivity contribution is 6.41. The van der Waals surface area contributed by atoms with E-state index in [1.165, 1.54) is 32.3 Å². The van der Waals surface area contributed by atoms with Crippen LogP contribution in [0.15, 0.2) is 60.7 Å². The molecular formula is C28H26ClNO3. The lowest BCUT2D eigenvalue weighted by atomic mass is 9.89. The lowest BCUT2D eigenvalue weighted by Gasteiger charge is -2.42. The molecule has 1 fully saturated rings. The molecule has 5 aromatic carbocycles. The number of halogens is 1. The fourth-order valence-corrected chi connectivity index (χ4v) is 5.18. The van der Waals surface area contributed by atoms with Crippen LogP contribution in [-0.2, 0) is 14.5 Å². The summed E-state index contributed by atoms with van der Waals surface area (Å²) in [6.45, 7) is 8.03. The van der Waals surface area contributed by atoms with Crippen molar-refractivity contribution in [2.45, 2.75) is 45.8 Å². The molecule has 5 heteroatoms. The van der Waals surface area contributed by atoms with E-state index in [1.54, 1.807) is 0 Å². The van der Waals surface area contributed by atoms with Gasteiger partial charge in [-0.3, -0.25) is 0 Å². The van der Waals surface area contributed by atoms with Crippen molar-refractivity contribution in [2.24, 2.45) is 5.92 Å². The monoisotopic (exact) mass is 459 g/mol. The minimum absolute atomic E-state index is 0.172. The number of nitrogens with one attached hydrogen (secondary N) is 1.